The summed E-state index contributed by atoms with van der Waals surface area (Å²) in [6.07, 6.45) is 6.30. The van der Waals surface area contributed by atoms with Crippen molar-refractivity contribution in [2.45, 2.75) is 58.9 Å². The molecule has 2 fully saturated rings. The first kappa shape index (κ1) is 23.7. The van der Waals surface area contributed by atoms with Gasteiger partial charge in [-0.1, -0.05) is 57.0 Å². The lowest BCUT2D eigenvalue weighted by Gasteiger charge is -2.36. The summed E-state index contributed by atoms with van der Waals surface area (Å²) in [6, 6.07) is 12.6. The Morgan fingerprint density at radius 3 is 2.18 bits per heavy atom. The summed E-state index contributed by atoms with van der Waals surface area (Å²) in [5, 5.41) is 7.21. The molecule has 2 aliphatic heterocycles. The van der Waals surface area contributed by atoms with E-state index in [9.17, 15) is 0 Å². The number of rotatable bonds is 5. The van der Waals surface area contributed by atoms with Crippen molar-refractivity contribution in [3.8, 4) is 0 Å². The third-order valence-electron chi connectivity index (χ3n) is 6.69. The van der Waals surface area contributed by atoms with Crippen molar-refractivity contribution in [1.29, 1.82) is 0 Å². The molecular formula is C26H38N6S. The van der Waals surface area contributed by atoms with Gasteiger partial charge < -0.3 is 20.4 Å². The lowest BCUT2D eigenvalue weighted by atomic mass is 9.92. The van der Waals surface area contributed by atoms with Crippen molar-refractivity contribution in [3.63, 3.8) is 0 Å². The second kappa shape index (κ2) is 11.1. The van der Waals surface area contributed by atoms with Gasteiger partial charge in [-0.3, -0.25) is 0 Å². The van der Waals surface area contributed by atoms with Gasteiger partial charge in [-0.15, -0.1) is 0 Å². The van der Waals surface area contributed by atoms with E-state index in [0.29, 0.717) is 22.9 Å². The van der Waals surface area contributed by atoms with E-state index in [1.807, 2.05) is 18.2 Å². The number of benzene rings is 1. The number of nitrogens with zero attached hydrogens (tertiary/aromatic N) is 4. The molecule has 2 aliphatic rings. The Bertz CT molecular complexity index is 902. The van der Waals surface area contributed by atoms with Crippen LogP contribution in [0.25, 0.3) is 0 Å². The Kier molecular flexibility index (Phi) is 8.02. The van der Waals surface area contributed by atoms with Crippen molar-refractivity contribution >= 4 is 34.9 Å². The predicted molar refractivity (Wildman–Crippen MR) is 142 cm³/mol. The van der Waals surface area contributed by atoms with Crippen LogP contribution in [0, 0.1) is 11.8 Å². The molecule has 2 saturated heterocycles. The summed E-state index contributed by atoms with van der Waals surface area (Å²) >= 11 is 5.64. The van der Waals surface area contributed by atoms with E-state index < -0.39 is 0 Å². The zero-order valence-corrected chi connectivity index (χ0v) is 21.1. The zero-order valence-electron chi connectivity index (χ0n) is 20.3. The SMILES string of the molecule is C[C@@H]1C[C@@H](C)CN(c2cc(N3CCCCCC3)nc(NC(=S)N[C@@H](C)c3ccccc3)n2)C1. The molecule has 0 unspecified atom stereocenters. The Labute approximate surface area is 204 Å². The molecule has 0 bridgehead atoms. The summed E-state index contributed by atoms with van der Waals surface area (Å²) < 4.78 is 0. The first-order valence-corrected chi connectivity index (χ1v) is 12.9. The molecule has 178 valence electrons. The van der Waals surface area contributed by atoms with Crippen molar-refractivity contribution in [2.75, 3.05) is 41.3 Å². The lowest BCUT2D eigenvalue weighted by Crippen LogP contribution is -2.39. The topological polar surface area (TPSA) is 56.3 Å². The minimum atomic E-state index is 0.100. The fourth-order valence-corrected chi connectivity index (χ4v) is 5.38. The van der Waals surface area contributed by atoms with Gasteiger partial charge >= 0.3 is 0 Å². The van der Waals surface area contributed by atoms with Crippen LogP contribution in [0.2, 0.25) is 0 Å². The Balaban J connectivity index is 1.55. The van der Waals surface area contributed by atoms with Crippen molar-refractivity contribution in [1.82, 2.24) is 15.3 Å². The molecule has 2 N–H and O–H groups in total. The minimum absolute atomic E-state index is 0.100. The quantitative estimate of drug-likeness (QED) is 0.573. The van der Waals surface area contributed by atoms with Gasteiger partial charge in [0.25, 0.3) is 0 Å². The van der Waals surface area contributed by atoms with E-state index in [1.54, 1.807) is 0 Å². The van der Waals surface area contributed by atoms with Gasteiger partial charge in [0.2, 0.25) is 5.95 Å². The highest BCUT2D eigenvalue weighted by Gasteiger charge is 2.25. The van der Waals surface area contributed by atoms with Crippen LogP contribution in [-0.4, -0.2) is 41.3 Å². The molecular weight excluding hydrogens is 428 g/mol. The van der Waals surface area contributed by atoms with Gasteiger partial charge in [0.05, 0.1) is 6.04 Å². The molecule has 0 aliphatic carbocycles. The summed E-state index contributed by atoms with van der Waals surface area (Å²) in [6.45, 7) is 11.0. The minimum Gasteiger partial charge on any atom is -0.356 e. The number of aromatic nitrogens is 2. The van der Waals surface area contributed by atoms with Gasteiger partial charge in [0, 0.05) is 32.2 Å². The van der Waals surface area contributed by atoms with Gasteiger partial charge in [-0.25, -0.2) is 0 Å². The highest BCUT2D eigenvalue weighted by Crippen LogP contribution is 2.29. The smallest absolute Gasteiger partial charge is 0.232 e. The molecule has 0 spiro atoms. The Morgan fingerprint density at radius 1 is 0.939 bits per heavy atom. The maximum absolute atomic E-state index is 5.64. The average molecular weight is 467 g/mol. The van der Waals surface area contributed by atoms with Gasteiger partial charge in [0.1, 0.15) is 11.6 Å². The summed E-state index contributed by atoms with van der Waals surface area (Å²) in [7, 11) is 0. The maximum atomic E-state index is 5.64. The number of hydrogen-bond donors (Lipinski definition) is 2. The van der Waals surface area contributed by atoms with Crippen LogP contribution in [0.5, 0.6) is 0 Å². The molecule has 0 amide bonds. The van der Waals surface area contributed by atoms with Gasteiger partial charge in [0.15, 0.2) is 5.11 Å². The predicted octanol–water partition coefficient (Wildman–Crippen LogP) is 5.39. The van der Waals surface area contributed by atoms with Crippen LogP contribution in [-0.2, 0) is 0 Å². The number of anilines is 3. The first-order chi connectivity index (χ1) is 16.0. The number of piperidine rings is 1. The molecule has 33 heavy (non-hydrogen) atoms. The zero-order chi connectivity index (χ0) is 23.2. The Morgan fingerprint density at radius 2 is 1.55 bits per heavy atom. The first-order valence-electron chi connectivity index (χ1n) is 12.5. The molecule has 1 aromatic heterocycles. The molecule has 0 radical (unpaired) electrons. The monoisotopic (exact) mass is 466 g/mol. The number of hydrogen-bond acceptors (Lipinski definition) is 5. The maximum Gasteiger partial charge on any atom is 0.232 e. The van der Waals surface area contributed by atoms with Crippen LogP contribution >= 0.6 is 12.2 Å². The van der Waals surface area contributed by atoms with E-state index >= 15 is 0 Å². The molecule has 4 rings (SSSR count). The fraction of sp³-hybridized carbons (Fsp3) is 0.577. The van der Waals surface area contributed by atoms with Crippen LogP contribution in [0.15, 0.2) is 36.4 Å². The third kappa shape index (κ3) is 6.56. The van der Waals surface area contributed by atoms with Gasteiger partial charge in [-0.2, -0.15) is 9.97 Å². The fourth-order valence-electron chi connectivity index (χ4n) is 5.11. The van der Waals surface area contributed by atoms with Gasteiger partial charge in [-0.05, 0) is 55.8 Å². The normalized spacial score (nSPS) is 22.4. The molecule has 2 aromatic rings. The summed E-state index contributed by atoms with van der Waals surface area (Å²) in [5.41, 5.74) is 1.19. The van der Waals surface area contributed by atoms with E-state index in [-0.39, 0.29) is 6.04 Å². The molecule has 0 saturated carbocycles. The average Bonchev–Trinajstić information content (AvgIpc) is 3.08. The van der Waals surface area contributed by atoms with Crippen molar-refractivity contribution in [3.05, 3.63) is 42.0 Å². The standard InChI is InChI=1S/C26H38N6S/c1-19-15-20(2)18-32(17-19)24-16-23(31-13-9-4-5-10-14-31)28-25(29-24)30-26(33)27-21(3)22-11-7-6-8-12-22/h6-8,11-12,16,19-21H,4-5,9-10,13-15,17-18H2,1-3H3,(H2,27,28,29,30,33)/t19-,20-,21+/m1/s1. The van der Waals surface area contributed by atoms with Crippen molar-refractivity contribution in [2.24, 2.45) is 11.8 Å². The largest absolute Gasteiger partial charge is 0.356 e. The van der Waals surface area contributed by atoms with E-state index in [1.165, 1.54) is 37.7 Å². The number of nitrogens with one attached hydrogen (secondary N) is 2. The van der Waals surface area contributed by atoms with E-state index in [2.05, 4.69) is 59.4 Å². The van der Waals surface area contributed by atoms with Crippen LogP contribution in [0.3, 0.4) is 0 Å². The molecule has 3 heterocycles. The summed E-state index contributed by atoms with van der Waals surface area (Å²) in [4.78, 5) is 14.7. The van der Waals surface area contributed by atoms with Crippen LogP contribution in [0.4, 0.5) is 17.6 Å². The second-order valence-corrected chi connectivity index (χ2v) is 10.3. The van der Waals surface area contributed by atoms with Crippen LogP contribution in [0.1, 0.15) is 64.5 Å². The molecule has 1 aromatic carbocycles. The van der Waals surface area contributed by atoms with E-state index in [4.69, 9.17) is 22.2 Å². The van der Waals surface area contributed by atoms with E-state index in [0.717, 1.165) is 37.8 Å². The highest BCUT2D eigenvalue weighted by atomic mass is 32.1. The molecule has 7 heteroatoms. The van der Waals surface area contributed by atoms with Crippen molar-refractivity contribution < 1.29 is 0 Å². The summed E-state index contributed by atoms with van der Waals surface area (Å²) in [5.74, 6) is 3.92. The molecule has 6 nitrogen and oxygen atoms in total. The lowest BCUT2D eigenvalue weighted by molar-refractivity contribution is 0.355. The second-order valence-electron chi connectivity index (χ2n) is 9.89. The van der Waals surface area contributed by atoms with Crippen LogP contribution < -0.4 is 20.4 Å². The molecule has 3 atom stereocenters. The third-order valence-corrected chi connectivity index (χ3v) is 6.91. The highest BCUT2D eigenvalue weighted by molar-refractivity contribution is 7.80. The number of thiocarbonyl (C=S) groups is 1. The Hall–Kier alpha value is -2.41.